The summed E-state index contributed by atoms with van der Waals surface area (Å²) in [5.74, 6) is 0. The van der Waals surface area contributed by atoms with Gasteiger partial charge in [-0.3, -0.25) is 0 Å². The predicted octanol–water partition coefficient (Wildman–Crippen LogP) is 1.50. The summed E-state index contributed by atoms with van der Waals surface area (Å²) in [5, 5.41) is 0. The van der Waals surface area contributed by atoms with Crippen LogP contribution in [-0.2, 0) is 4.74 Å². The highest BCUT2D eigenvalue weighted by Gasteiger charge is 2.20. The molecule has 1 fully saturated rings. The standard InChI is InChI=1S/C7H10O/c1-3-7-4-2-6(1)5-8-7/h1,7H,2-5H2. The zero-order chi connectivity index (χ0) is 5.40. The van der Waals surface area contributed by atoms with Crippen molar-refractivity contribution < 1.29 is 4.74 Å². The quantitative estimate of drug-likeness (QED) is 0.429. The summed E-state index contributed by atoms with van der Waals surface area (Å²) >= 11 is 0. The first kappa shape index (κ1) is 4.57. The molecule has 1 aliphatic carbocycles. The SMILES string of the molecule is C1=C2CCC(C1)OC2. The minimum Gasteiger partial charge on any atom is -0.374 e. The molecular formula is C7H10O. The maximum absolute atomic E-state index is 5.41. The maximum atomic E-state index is 5.41. The molecule has 1 heteroatoms. The van der Waals surface area contributed by atoms with Gasteiger partial charge in [-0.2, -0.15) is 0 Å². The highest BCUT2D eigenvalue weighted by atomic mass is 16.5. The molecule has 0 amide bonds. The van der Waals surface area contributed by atoms with Gasteiger partial charge in [0.05, 0.1) is 12.7 Å². The second-order valence-corrected chi connectivity index (χ2v) is 2.57. The summed E-state index contributed by atoms with van der Waals surface area (Å²) in [6.45, 7) is 0.921. The van der Waals surface area contributed by atoms with Crippen molar-refractivity contribution in [3.8, 4) is 0 Å². The van der Waals surface area contributed by atoms with Crippen molar-refractivity contribution in [1.82, 2.24) is 0 Å². The third-order valence-electron chi connectivity index (χ3n) is 1.96. The molecule has 0 aromatic rings. The van der Waals surface area contributed by atoms with E-state index in [1.165, 1.54) is 24.8 Å². The minimum absolute atomic E-state index is 0.576. The van der Waals surface area contributed by atoms with Gasteiger partial charge in [0.1, 0.15) is 0 Å². The molecule has 1 saturated heterocycles. The minimum atomic E-state index is 0.576. The van der Waals surface area contributed by atoms with Crippen LogP contribution in [0, 0.1) is 0 Å². The lowest BCUT2D eigenvalue weighted by atomic mass is 9.95. The lowest BCUT2D eigenvalue weighted by Gasteiger charge is -2.28. The Morgan fingerprint density at radius 3 is 2.75 bits per heavy atom. The molecule has 0 aromatic carbocycles. The van der Waals surface area contributed by atoms with E-state index in [0.29, 0.717) is 6.10 Å². The van der Waals surface area contributed by atoms with Crippen LogP contribution < -0.4 is 0 Å². The smallest absolute Gasteiger partial charge is 0.0680 e. The van der Waals surface area contributed by atoms with Crippen LogP contribution in [0.1, 0.15) is 19.3 Å². The third kappa shape index (κ3) is 0.583. The number of fused-ring (bicyclic) bond motifs is 3. The molecule has 2 bridgehead atoms. The van der Waals surface area contributed by atoms with E-state index in [-0.39, 0.29) is 0 Å². The molecule has 3 rings (SSSR count). The van der Waals surface area contributed by atoms with Crippen LogP contribution in [0.15, 0.2) is 11.6 Å². The summed E-state index contributed by atoms with van der Waals surface area (Å²) in [4.78, 5) is 0. The molecule has 8 heavy (non-hydrogen) atoms. The van der Waals surface area contributed by atoms with Gasteiger partial charge in [0.15, 0.2) is 0 Å². The highest BCUT2D eigenvalue weighted by Crippen LogP contribution is 2.26. The summed E-state index contributed by atoms with van der Waals surface area (Å²) in [6.07, 6.45) is 6.65. The van der Waals surface area contributed by atoms with E-state index in [1.807, 2.05) is 0 Å². The topological polar surface area (TPSA) is 9.23 Å². The van der Waals surface area contributed by atoms with Gasteiger partial charge in [0, 0.05) is 0 Å². The van der Waals surface area contributed by atoms with Gasteiger partial charge >= 0.3 is 0 Å². The molecule has 1 nitrogen and oxygen atoms in total. The lowest BCUT2D eigenvalue weighted by molar-refractivity contribution is 0.0326. The Hall–Kier alpha value is -0.300. The highest BCUT2D eigenvalue weighted by molar-refractivity contribution is 5.10. The van der Waals surface area contributed by atoms with E-state index < -0.39 is 0 Å². The van der Waals surface area contributed by atoms with Crippen LogP contribution in [-0.4, -0.2) is 12.7 Å². The first-order valence-corrected chi connectivity index (χ1v) is 3.24. The zero-order valence-corrected chi connectivity index (χ0v) is 4.89. The average Bonchev–Trinajstić information content (AvgIpc) is 1.92. The van der Waals surface area contributed by atoms with E-state index in [4.69, 9.17) is 4.74 Å². The van der Waals surface area contributed by atoms with Crippen LogP contribution in [0.5, 0.6) is 0 Å². The van der Waals surface area contributed by atoms with Crippen molar-refractivity contribution in [2.24, 2.45) is 0 Å². The van der Waals surface area contributed by atoms with Crippen molar-refractivity contribution in [1.29, 1.82) is 0 Å². The van der Waals surface area contributed by atoms with E-state index in [9.17, 15) is 0 Å². The number of hydrogen-bond donors (Lipinski definition) is 0. The Morgan fingerprint density at radius 1 is 1.62 bits per heavy atom. The first-order valence-electron chi connectivity index (χ1n) is 3.24. The largest absolute Gasteiger partial charge is 0.374 e. The molecule has 3 aliphatic rings. The number of hydrogen-bond acceptors (Lipinski definition) is 1. The van der Waals surface area contributed by atoms with Crippen LogP contribution >= 0.6 is 0 Å². The van der Waals surface area contributed by atoms with Gasteiger partial charge in [-0.05, 0) is 24.8 Å². The second kappa shape index (κ2) is 1.59. The number of rotatable bonds is 0. The normalized spacial score (nSPS) is 35.0. The first-order chi connectivity index (χ1) is 3.95. The Labute approximate surface area is 49.3 Å². The molecule has 1 atom stereocenters. The monoisotopic (exact) mass is 110 g/mol. The van der Waals surface area contributed by atoms with Gasteiger partial charge in [-0.25, -0.2) is 0 Å². The predicted molar refractivity (Wildman–Crippen MR) is 31.7 cm³/mol. The molecule has 0 saturated carbocycles. The lowest BCUT2D eigenvalue weighted by Crippen LogP contribution is -2.24. The van der Waals surface area contributed by atoms with Crippen LogP contribution in [0.2, 0.25) is 0 Å². The molecule has 1 unspecified atom stereocenters. The van der Waals surface area contributed by atoms with Gasteiger partial charge in [-0.15, -0.1) is 0 Å². The third-order valence-corrected chi connectivity index (χ3v) is 1.96. The maximum Gasteiger partial charge on any atom is 0.0680 e. The molecule has 0 spiro atoms. The fraction of sp³-hybridized carbons (Fsp3) is 0.714. The van der Waals surface area contributed by atoms with Gasteiger partial charge < -0.3 is 4.74 Å². The van der Waals surface area contributed by atoms with E-state index >= 15 is 0 Å². The van der Waals surface area contributed by atoms with Crippen LogP contribution in [0.25, 0.3) is 0 Å². The molecule has 0 radical (unpaired) electrons. The number of ether oxygens (including phenoxy) is 1. The molecule has 0 N–H and O–H groups in total. The van der Waals surface area contributed by atoms with Gasteiger partial charge in [0.25, 0.3) is 0 Å². The van der Waals surface area contributed by atoms with Crippen LogP contribution in [0.3, 0.4) is 0 Å². The van der Waals surface area contributed by atoms with Crippen molar-refractivity contribution in [2.45, 2.75) is 25.4 Å². The molecule has 0 aromatic heterocycles. The van der Waals surface area contributed by atoms with Crippen molar-refractivity contribution in [3.63, 3.8) is 0 Å². The second-order valence-electron chi connectivity index (χ2n) is 2.57. The van der Waals surface area contributed by atoms with Gasteiger partial charge in [0.2, 0.25) is 0 Å². The van der Waals surface area contributed by atoms with E-state index in [1.54, 1.807) is 0 Å². The van der Waals surface area contributed by atoms with Crippen LogP contribution in [0.4, 0.5) is 0 Å². The summed E-state index contributed by atoms with van der Waals surface area (Å²) in [7, 11) is 0. The van der Waals surface area contributed by atoms with Crippen molar-refractivity contribution in [3.05, 3.63) is 11.6 Å². The Morgan fingerprint density at radius 2 is 2.62 bits per heavy atom. The molecular weight excluding hydrogens is 100 g/mol. The average molecular weight is 110 g/mol. The summed E-state index contributed by atoms with van der Waals surface area (Å²) < 4.78 is 5.41. The molecule has 2 aliphatic heterocycles. The fourth-order valence-corrected chi connectivity index (χ4v) is 1.37. The van der Waals surface area contributed by atoms with Crippen molar-refractivity contribution in [2.75, 3.05) is 6.61 Å². The van der Waals surface area contributed by atoms with Gasteiger partial charge in [-0.1, -0.05) is 6.08 Å². The van der Waals surface area contributed by atoms with Crippen molar-refractivity contribution >= 4 is 0 Å². The Bertz CT molecular complexity index is 116. The Kier molecular flexibility index (Phi) is 0.908. The van der Waals surface area contributed by atoms with E-state index in [2.05, 4.69) is 6.08 Å². The fourth-order valence-electron chi connectivity index (χ4n) is 1.37. The zero-order valence-electron chi connectivity index (χ0n) is 4.89. The molecule has 44 valence electrons. The van der Waals surface area contributed by atoms with E-state index in [0.717, 1.165) is 6.61 Å². The molecule has 2 heterocycles. The Balaban J connectivity index is 2.22. The summed E-state index contributed by atoms with van der Waals surface area (Å²) in [5.41, 5.74) is 1.52. The summed E-state index contributed by atoms with van der Waals surface area (Å²) in [6, 6.07) is 0.